The Morgan fingerprint density at radius 2 is 2.00 bits per heavy atom. The van der Waals surface area contributed by atoms with Crippen molar-refractivity contribution in [3.05, 3.63) is 64.7 Å². The second-order valence-corrected chi connectivity index (χ2v) is 17.1. The predicted octanol–water partition coefficient (Wildman–Crippen LogP) is 6.40. The standard InChI is InChI=1S/C37H46ClN3O6S/c1-36(2)35(43)40-48(44,39-34(42)18-24-8-9-24)28-12-15-33-31(20-28)41(21-26-10-13-29(26)32(45-3)7-5-17-47-36)22-37(23-46-33)16-4-6-25-19-27(38)11-14-30(25)37/h5,7,11-12,14-15,19-20,24,26,29,32H,4,6,8-10,13,16-18,21-23H2,1-3H3,(H,39,40,42,43,44)/b7-5+/t26-,29+,32-,37-,48-/m0/s1. The first kappa shape index (κ1) is 33.6. The highest BCUT2D eigenvalue weighted by Crippen LogP contribution is 2.47. The zero-order chi connectivity index (χ0) is 33.7. The lowest BCUT2D eigenvalue weighted by molar-refractivity contribution is -0.137. The summed E-state index contributed by atoms with van der Waals surface area (Å²) in [6, 6.07) is 11.5. The minimum atomic E-state index is -3.72. The van der Waals surface area contributed by atoms with Crippen molar-refractivity contribution in [2.45, 2.75) is 87.2 Å². The number of anilines is 1. The fourth-order valence-electron chi connectivity index (χ4n) is 7.85. The summed E-state index contributed by atoms with van der Waals surface area (Å²) in [4.78, 5) is 29.5. The fraction of sp³-hybridized carbons (Fsp3) is 0.568. The Bertz CT molecular complexity index is 1750. The van der Waals surface area contributed by atoms with Crippen molar-refractivity contribution in [2.75, 3.05) is 38.3 Å². The first-order valence-corrected chi connectivity index (χ1v) is 19.1. The number of hydrogen-bond donors (Lipinski definition) is 1. The van der Waals surface area contributed by atoms with Crippen LogP contribution in [0, 0.1) is 17.8 Å². The summed E-state index contributed by atoms with van der Waals surface area (Å²) in [6.45, 7) is 5.31. The molecular formula is C37H46ClN3O6S. The van der Waals surface area contributed by atoms with Crippen LogP contribution >= 0.6 is 11.6 Å². The monoisotopic (exact) mass is 695 g/mol. The molecule has 0 aromatic heterocycles. The molecule has 2 heterocycles. The van der Waals surface area contributed by atoms with Crippen molar-refractivity contribution < 1.29 is 28.0 Å². The Labute approximate surface area is 289 Å². The molecule has 2 aromatic carbocycles. The first-order valence-electron chi connectivity index (χ1n) is 17.2. The zero-order valence-electron chi connectivity index (χ0n) is 28.0. The van der Waals surface area contributed by atoms with E-state index < -0.39 is 21.4 Å². The third-order valence-corrected chi connectivity index (χ3v) is 13.0. The number of halogens is 1. The van der Waals surface area contributed by atoms with Gasteiger partial charge in [0.1, 0.15) is 11.4 Å². The topological polar surface area (TPSA) is 107 Å². The molecule has 0 radical (unpaired) electrons. The Balaban J connectivity index is 1.35. The molecule has 0 unspecified atom stereocenters. The molecule has 5 aliphatic rings. The molecule has 48 heavy (non-hydrogen) atoms. The summed E-state index contributed by atoms with van der Waals surface area (Å²) < 4.78 is 40.4. The van der Waals surface area contributed by atoms with E-state index in [0.717, 1.165) is 62.2 Å². The van der Waals surface area contributed by atoms with E-state index >= 15 is 0 Å². The maximum Gasteiger partial charge on any atom is 0.287 e. The van der Waals surface area contributed by atoms with Gasteiger partial charge >= 0.3 is 0 Å². The van der Waals surface area contributed by atoms with Crippen molar-refractivity contribution in [1.29, 1.82) is 0 Å². The molecule has 1 N–H and O–H groups in total. The second-order valence-electron chi connectivity index (χ2n) is 14.8. The summed E-state index contributed by atoms with van der Waals surface area (Å²) in [6.07, 6.45) is 11.1. The number of ether oxygens (including phenoxy) is 3. The number of benzene rings is 2. The largest absolute Gasteiger partial charge is 0.490 e. The van der Waals surface area contributed by atoms with Gasteiger partial charge in [-0.2, -0.15) is 0 Å². The molecule has 2 aliphatic heterocycles. The summed E-state index contributed by atoms with van der Waals surface area (Å²) in [5, 5.41) is 0.736. The molecule has 5 atom stereocenters. The van der Waals surface area contributed by atoms with Gasteiger partial charge in [0.25, 0.3) is 5.91 Å². The molecule has 9 nitrogen and oxygen atoms in total. The smallest absolute Gasteiger partial charge is 0.287 e. The molecule has 2 saturated carbocycles. The van der Waals surface area contributed by atoms with E-state index in [9.17, 15) is 13.8 Å². The first-order chi connectivity index (χ1) is 23.0. The van der Waals surface area contributed by atoms with Crippen molar-refractivity contribution in [3.63, 3.8) is 0 Å². The van der Waals surface area contributed by atoms with Gasteiger partial charge in [-0.3, -0.25) is 14.3 Å². The number of methoxy groups -OCH3 is 1. The predicted molar refractivity (Wildman–Crippen MR) is 186 cm³/mol. The summed E-state index contributed by atoms with van der Waals surface area (Å²) in [5.74, 6) is 0.516. The normalized spacial score (nSPS) is 32.0. The molecule has 258 valence electrons. The quantitative estimate of drug-likeness (QED) is 0.369. The lowest BCUT2D eigenvalue weighted by atomic mass is 9.68. The van der Waals surface area contributed by atoms with Crippen LogP contribution in [0.3, 0.4) is 0 Å². The minimum Gasteiger partial charge on any atom is -0.490 e. The van der Waals surface area contributed by atoms with Crippen LogP contribution in [0.2, 0.25) is 5.02 Å². The van der Waals surface area contributed by atoms with E-state index in [1.54, 1.807) is 27.0 Å². The number of carbonyl (C=O) groups is 2. The zero-order valence-corrected chi connectivity index (χ0v) is 29.6. The molecule has 2 amide bonds. The third kappa shape index (κ3) is 6.65. The minimum absolute atomic E-state index is 0.0929. The van der Waals surface area contributed by atoms with Crippen molar-refractivity contribution >= 4 is 39.0 Å². The van der Waals surface area contributed by atoms with Gasteiger partial charge in [0.2, 0.25) is 5.91 Å². The van der Waals surface area contributed by atoms with Gasteiger partial charge < -0.3 is 19.1 Å². The van der Waals surface area contributed by atoms with E-state index in [4.69, 9.17) is 25.8 Å². The maximum atomic E-state index is 14.9. The van der Waals surface area contributed by atoms with Gasteiger partial charge in [-0.25, -0.2) is 4.21 Å². The molecule has 0 saturated heterocycles. The average molecular weight is 696 g/mol. The highest BCUT2D eigenvalue weighted by molar-refractivity contribution is 7.92. The van der Waals surface area contributed by atoms with E-state index in [0.29, 0.717) is 30.7 Å². The number of fused-ring (bicyclic) bond motifs is 4. The third-order valence-electron chi connectivity index (χ3n) is 11.0. The maximum absolute atomic E-state index is 14.9. The van der Waals surface area contributed by atoms with Gasteiger partial charge in [-0.1, -0.05) is 29.8 Å². The van der Waals surface area contributed by atoms with Gasteiger partial charge in [0, 0.05) is 37.1 Å². The van der Waals surface area contributed by atoms with E-state index in [1.165, 1.54) is 11.1 Å². The highest BCUT2D eigenvalue weighted by atomic mass is 35.5. The number of carbonyl (C=O) groups excluding carboxylic acids is 2. The molecule has 2 bridgehead atoms. The van der Waals surface area contributed by atoms with Gasteiger partial charge in [0.05, 0.1) is 29.9 Å². The second kappa shape index (κ2) is 13.1. The molecule has 11 heteroatoms. The van der Waals surface area contributed by atoms with Crippen LogP contribution in [0.5, 0.6) is 5.75 Å². The number of nitrogens with one attached hydrogen (secondary N) is 1. The van der Waals surface area contributed by atoms with E-state index in [1.807, 2.05) is 30.4 Å². The van der Waals surface area contributed by atoms with Crippen LogP contribution in [-0.2, 0) is 40.8 Å². The van der Waals surface area contributed by atoms with Gasteiger partial charge in [0.15, 0.2) is 9.92 Å². The van der Waals surface area contributed by atoms with Crippen LogP contribution in [0.15, 0.2) is 57.8 Å². The summed E-state index contributed by atoms with van der Waals surface area (Å²) >= 11 is 6.46. The molecular weight excluding hydrogens is 650 g/mol. The van der Waals surface area contributed by atoms with Crippen LogP contribution in [0.25, 0.3) is 0 Å². The molecule has 7 rings (SSSR count). The number of amides is 2. The van der Waals surface area contributed by atoms with Crippen LogP contribution in [0.1, 0.15) is 69.9 Å². The van der Waals surface area contributed by atoms with Crippen LogP contribution in [0.4, 0.5) is 5.69 Å². The van der Waals surface area contributed by atoms with Crippen molar-refractivity contribution in [1.82, 2.24) is 4.72 Å². The molecule has 1 spiro atoms. The highest BCUT2D eigenvalue weighted by Gasteiger charge is 2.45. The summed E-state index contributed by atoms with van der Waals surface area (Å²) in [7, 11) is -1.98. The molecule has 3 aliphatic carbocycles. The molecule has 2 fully saturated rings. The van der Waals surface area contributed by atoms with Gasteiger partial charge in [-0.05, 0) is 118 Å². The lowest BCUT2D eigenvalue weighted by Gasteiger charge is -2.46. The average Bonchev–Trinajstić information content (AvgIpc) is 3.87. The number of aryl methyl sites for hydroxylation is 1. The molecule has 2 aromatic rings. The van der Waals surface area contributed by atoms with Crippen LogP contribution < -0.4 is 14.4 Å². The van der Waals surface area contributed by atoms with Crippen molar-refractivity contribution in [2.24, 2.45) is 22.1 Å². The Kier molecular flexibility index (Phi) is 9.15. The van der Waals surface area contributed by atoms with Crippen LogP contribution in [-0.4, -0.2) is 61.1 Å². The van der Waals surface area contributed by atoms with Crippen molar-refractivity contribution in [3.8, 4) is 5.75 Å². The number of nitrogens with zero attached hydrogens (tertiary/aromatic N) is 2. The van der Waals surface area contributed by atoms with E-state index in [-0.39, 0.29) is 41.3 Å². The number of hydrogen-bond acceptors (Lipinski definition) is 7. The Hall–Kier alpha value is -2.92. The summed E-state index contributed by atoms with van der Waals surface area (Å²) in [5.41, 5.74) is 1.65. The van der Waals surface area contributed by atoms with Gasteiger partial charge in [-0.15, -0.1) is 4.36 Å². The fourth-order valence-corrected chi connectivity index (χ4v) is 9.68. The Morgan fingerprint density at radius 3 is 2.75 bits per heavy atom. The Morgan fingerprint density at radius 1 is 1.17 bits per heavy atom. The number of rotatable bonds is 4. The SMILES string of the molecule is CO[C@H]1/C=C/COC(C)(C)C(=O)N=[S@@](=O)(NC(=O)CC2CC2)c2ccc3c(c2)N(C[C@@H]2CC[C@H]21)C[C@@]1(CCCc2cc(Cl)ccc21)CO3. The lowest BCUT2D eigenvalue weighted by Crippen LogP contribution is -2.49. The van der Waals surface area contributed by atoms with E-state index in [2.05, 4.69) is 26.1 Å².